The SMILES string of the molecule is CC(CCCC1(C(=O)NCC(F)(F)F)c2ccccc2-c2ccccc21)N1CCC(NC(=O)c2ccccc2Oc2ccccc2)CC1. The van der Waals surface area contributed by atoms with E-state index in [1.165, 1.54) is 0 Å². The Morgan fingerprint density at radius 2 is 1.44 bits per heavy atom. The van der Waals surface area contributed by atoms with E-state index < -0.39 is 24.0 Å². The van der Waals surface area contributed by atoms with Crippen LogP contribution in [0.1, 0.15) is 60.5 Å². The second kappa shape index (κ2) is 14.2. The first-order valence-electron chi connectivity index (χ1n) is 16.6. The Kier molecular flexibility index (Phi) is 9.87. The van der Waals surface area contributed by atoms with Crippen LogP contribution in [0, 0.1) is 0 Å². The van der Waals surface area contributed by atoms with Gasteiger partial charge in [-0.05, 0) is 79.1 Å². The fraction of sp³-hybridized carbons (Fsp3) is 0.333. The third-order valence-corrected chi connectivity index (χ3v) is 9.67. The van der Waals surface area contributed by atoms with Gasteiger partial charge in [-0.2, -0.15) is 13.2 Å². The van der Waals surface area contributed by atoms with Gasteiger partial charge in [0.2, 0.25) is 5.91 Å². The number of benzene rings is 4. The maximum atomic E-state index is 13.8. The minimum absolute atomic E-state index is 0.0258. The van der Waals surface area contributed by atoms with Gasteiger partial charge < -0.3 is 20.3 Å². The van der Waals surface area contributed by atoms with Gasteiger partial charge in [0.15, 0.2) is 0 Å². The van der Waals surface area contributed by atoms with Crippen molar-refractivity contribution in [1.29, 1.82) is 0 Å². The highest BCUT2D eigenvalue weighted by Gasteiger charge is 2.49. The number of amides is 2. The van der Waals surface area contributed by atoms with Crippen molar-refractivity contribution in [1.82, 2.24) is 15.5 Å². The number of para-hydroxylation sites is 2. The number of ether oxygens (including phenoxy) is 1. The summed E-state index contributed by atoms with van der Waals surface area (Å²) in [6.45, 7) is 2.39. The van der Waals surface area contributed by atoms with Crippen LogP contribution in [0.15, 0.2) is 103 Å². The van der Waals surface area contributed by atoms with E-state index in [9.17, 15) is 22.8 Å². The molecular weight excluding hydrogens is 615 g/mol. The molecule has 0 bridgehead atoms. The largest absolute Gasteiger partial charge is 0.457 e. The zero-order valence-corrected chi connectivity index (χ0v) is 26.9. The van der Waals surface area contributed by atoms with Crippen LogP contribution >= 0.6 is 0 Å². The molecule has 1 heterocycles. The molecule has 4 aromatic carbocycles. The number of carbonyl (C=O) groups is 2. The molecule has 9 heteroatoms. The lowest BCUT2D eigenvalue weighted by atomic mass is 9.73. The van der Waals surface area contributed by atoms with E-state index >= 15 is 0 Å². The van der Waals surface area contributed by atoms with E-state index in [1.54, 1.807) is 12.1 Å². The van der Waals surface area contributed by atoms with Gasteiger partial charge in [0.05, 0.1) is 5.56 Å². The molecule has 6 nitrogen and oxygen atoms in total. The lowest BCUT2D eigenvalue weighted by molar-refractivity contribution is -0.141. The minimum atomic E-state index is -4.51. The summed E-state index contributed by atoms with van der Waals surface area (Å²) in [5.41, 5.74) is 2.58. The first-order valence-corrected chi connectivity index (χ1v) is 16.6. The summed E-state index contributed by atoms with van der Waals surface area (Å²) in [6, 6.07) is 31.9. The van der Waals surface area contributed by atoms with Crippen LogP contribution in [0.3, 0.4) is 0 Å². The molecule has 48 heavy (non-hydrogen) atoms. The highest BCUT2D eigenvalue weighted by atomic mass is 19.4. The molecule has 1 unspecified atom stereocenters. The Morgan fingerprint density at radius 1 is 0.854 bits per heavy atom. The Labute approximate surface area is 279 Å². The molecule has 250 valence electrons. The number of carbonyl (C=O) groups excluding carboxylic acids is 2. The Hall–Kier alpha value is -4.63. The maximum absolute atomic E-state index is 13.8. The molecule has 4 aromatic rings. The lowest BCUT2D eigenvalue weighted by Crippen LogP contribution is -2.48. The number of rotatable bonds is 11. The zero-order valence-electron chi connectivity index (χ0n) is 26.9. The van der Waals surface area contributed by atoms with Crippen molar-refractivity contribution in [3.05, 3.63) is 120 Å². The second-order valence-electron chi connectivity index (χ2n) is 12.7. The van der Waals surface area contributed by atoms with Gasteiger partial charge in [0.25, 0.3) is 5.91 Å². The van der Waals surface area contributed by atoms with E-state index in [1.807, 2.05) is 91.0 Å². The Bertz CT molecular complexity index is 1690. The van der Waals surface area contributed by atoms with Crippen molar-refractivity contribution < 1.29 is 27.5 Å². The molecule has 1 saturated heterocycles. The molecule has 0 radical (unpaired) electrons. The number of fused-ring (bicyclic) bond motifs is 3. The predicted octanol–water partition coefficient (Wildman–Crippen LogP) is 7.88. The highest BCUT2D eigenvalue weighted by molar-refractivity contribution is 6.00. The average molecular weight is 656 g/mol. The van der Waals surface area contributed by atoms with Crippen LogP contribution in [0.25, 0.3) is 11.1 Å². The summed E-state index contributed by atoms with van der Waals surface area (Å²) in [4.78, 5) is 29.5. The van der Waals surface area contributed by atoms with Gasteiger partial charge in [0, 0.05) is 25.2 Å². The molecule has 6 rings (SSSR count). The molecule has 0 saturated carbocycles. The number of nitrogens with one attached hydrogen (secondary N) is 2. The summed E-state index contributed by atoms with van der Waals surface area (Å²) in [7, 11) is 0. The van der Waals surface area contributed by atoms with Crippen molar-refractivity contribution in [2.75, 3.05) is 19.6 Å². The summed E-state index contributed by atoms with van der Waals surface area (Å²) in [5, 5.41) is 5.41. The number of hydrogen-bond donors (Lipinski definition) is 2. The van der Waals surface area contributed by atoms with Crippen LogP contribution in [0.5, 0.6) is 11.5 Å². The molecule has 1 atom stereocenters. The zero-order chi connectivity index (χ0) is 33.7. The summed E-state index contributed by atoms with van der Waals surface area (Å²) >= 11 is 0. The van der Waals surface area contributed by atoms with Crippen molar-refractivity contribution in [3.63, 3.8) is 0 Å². The number of piperidine rings is 1. The Morgan fingerprint density at radius 3 is 2.08 bits per heavy atom. The summed E-state index contributed by atoms with van der Waals surface area (Å²) < 4.78 is 45.6. The quantitative estimate of drug-likeness (QED) is 0.173. The maximum Gasteiger partial charge on any atom is 0.405 e. The highest BCUT2D eigenvalue weighted by Crippen LogP contribution is 2.51. The minimum Gasteiger partial charge on any atom is -0.457 e. The van der Waals surface area contributed by atoms with E-state index in [0.717, 1.165) is 54.6 Å². The lowest BCUT2D eigenvalue weighted by Gasteiger charge is -2.37. The van der Waals surface area contributed by atoms with Gasteiger partial charge >= 0.3 is 6.18 Å². The van der Waals surface area contributed by atoms with Crippen LogP contribution < -0.4 is 15.4 Å². The topological polar surface area (TPSA) is 70.7 Å². The van der Waals surface area contributed by atoms with Gasteiger partial charge in [0.1, 0.15) is 23.5 Å². The van der Waals surface area contributed by atoms with E-state index in [-0.39, 0.29) is 18.0 Å². The number of nitrogens with zero attached hydrogens (tertiary/aromatic N) is 1. The molecule has 1 aliphatic carbocycles. The number of alkyl halides is 3. The molecule has 1 fully saturated rings. The van der Waals surface area contributed by atoms with Gasteiger partial charge in [-0.3, -0.25) is 9.59 Å². The van der Waals surface area contributed by atoms with Gasteiger partial charge in [-0.25, -0.2) is 0 Å². The van der Waals surface area contributed by atoms with Crippen LogP contribution in [-0.2, 0) is 10.2 Å². The predicted molar refractivity (Wildman–Crippen MR) is 180 cm³/mol. The van der Waals surface area contributed by atoms with Crippen molar-refractivity contribution in [2.24, 2.45) is 0 Å². The average Bonchev–Trinajstić information content (AvgIpc) is 3.38. The molecule has 0 spiro atoms. The molecule has 0 aromatic heterocycles. The number of halogens is 3. The van der Waals surface area contributed by atoms with E-state index in [0.29, 0.717) is 29.9 Å². The molecule has 2 N–H and O–H groups in total. The van der Waals surface area contributed by atoms with E-state index in [2.05, 4.69) is 22.5 Å². The van der Waals surface area contributed by atoms with Crippen molar-refractivity contribution in [2.45, 2.75) is 62.7 Å². The van der Waals surface area contributed by atoms with Crippen LogP contribution in [0.2, 0.25) is 0 Å². The first kappa shape index (κ1) is 33.3. The Balaban J connectivity index is 1.07. The summed E-state index contributed by atoms with van der Waals surface area (Å²) in [5.74, 6) is 0.385. The second-order valence-corrected chi connectivity index (χ2v) is 12.7. The van der Waals surface area contributed by atoms with Crippen molar-refractivity contribution >= 4 is 11.8 Å². The molecular formula is C39H40F3N3O3. The van der Waals surface area contributed by atoms with Crippen LogP contribution in [0.4, 0.5) is 13.2 Å². The monoisotopic (exact) mass is 655 g/mol. The van der Waals surface area contributed by atoms with Crippen LogP contribution in [-0.4, -0.2) is 54.6 Å². The van der Waals surface area contributed by atoms with Gasteiger partial charge in [-0.1, -0.05) is 85.3 Å². The number of likely N-dealkylation sites (tertiary alicyclic amines) is 1. The third kappa shape index (κ3) is 7.11. The first-order chi connectivity index (χ1) is 23.2. The van der Waals surface area contributed by atoms with E-state index in [4.69, 9.17) is 4.74 Å². The fourth-order valence-electron chi connectivity index (χ4n) is 7.24. The normalized spacial score (nSPS) is 16.4. The smallest absolute Gasteiger partial charge is 0.405 e. The molecule has 2 aliphatic rings. The van der Waals surface area contributed by atoms with Gasteiger partial charge in [-0.15, -0.1) is 0 Å². The third-order valence-electron chi connectivity index (χ3n) is 9.67. The summed E-state index contributed by atoms with van der Waals surface area (Å²) in [6.07, 6.45) is -1.09. The number of hydrogen-bond acceptors (Lipinski definition) is 4. The van der Waals surface area contributed by atoms with Crippen molar-refractivity contribution in [3.8, 4) is 22.6 Å². The molecule has 2 amide bonds. The molecule has 1 aliphatic heterocycles. The standard InChI is InChI=1S/C39H40F3N3O3/c1-27(45-24-21-28(22-25-45)44-36(46)32-17-7-10-20-35(32)48-29-13-3-2-4-14-29)12-11-23-38(37(47)43-26-39(40,41)42)33-18-8-5-15-30(33)31-16-6-9-19-34(31)38/h2-10,13-20,27-28H,11-12,21-26H2,1H3,(H,43,47)(H,44,46). The fourth-order valence-corrected chi connectivity index (χ4v) is 7.24.